The summed E-state index contributed by atoms with van der Waals surface area (Å²) in [5.41, 5.74) is 4.23. The minimum atomic E-state index is -0.500. The molecule has 0 spiro atoms. The summed E-state index contributed by atoms with van der Waals surface area (Å²) >= 11 is 0. The van der Waals surface area contributed by atoms with E-state index < -0.39 is 4.92 Å². The summed E-state index contributed by atoms with van der Waals surface area (Å²) in [4.78, 5) is 31.4. The maximum atomic E-state index is 12.7. The van der Waals surface area contributed by atoms with Crippen LogP contribution in [0.1, 0.15) is 16.1 Å². The van der Waals surface area contributed by atoms with E-state index in [1.165, 1.54) is 30.3 Å². The number of aromatic nitrogens is 2. The third-order valence-corrected chi connectivity index (χ3v) is 5.94. The maximum absolute atomic E-state index is 12.7. The van der Waals surface area contributed by atoms with Crippen molar-refractivity contribution in [3.05, 3.63) is 100 Å². The van der Waals surface area contributed by atoms with Gasteiger partial charge in [-0.05, 0) is 54.6 Å². The van der Waals surface area contributed by atoms with Crippen molar-refractivity contribution in [3.63, 3.8) is 0 Å². The van der Waals surface area contributed by atoms with Crippen molar-refractivity contribution in [2.24, 2.45) is 0 Å². The lowest BCUT2D eigenvalue weighted by molar-refractivity contribution is -0.384. The number of carbonyl (C=O) groups is 1. The van der Waals surface area contributed by atoms with E-state index in [9.17, 15) is 14.9 Å². The molecule has 5 rings (SSSR count). The van der Waals surface area contributed by atoms with Crippen LogP contribution in [0.15, 0.2) is 78.9 Å². The van der Waals surface area contributed by atoms with E-state index in [0.29, 0.717) is 28.5 Å². The molecule has 0 saturated carbocycles. The van der Waals surface area contributed by atoms with Gasteiger partial charge in [0, 0.05) is 39.5 Å². The van der Waals surface area contributed by atoms with Gasteiger partial charge in [-0.2, -0.15) is 0 Å². The van der Waals surface area contributed by atoms with Crippen LogP contribution in [0.25, 0.3) is 39.1 Å². The molecule has 2 heterocycles. The first-order valence-corrected chi connectivity index (χ1v) is 11.1. The molecule has 0 amide bonds. The van der Waals surface area contributed by atoms with Crippen molar-refractivity contribution in [1.29, 1.82) is 0 Å². The quantitative estimate of drug-likeness (QED) is 0.129. The average Bonchev–Trinajstić information content (AvgIpc) is 3.29. The van der Waals surface area contributed by atoms with Gasteiger partial charge in [-0.15, -0.1) is 0 Å². The fourth-order valence-electron chi connectivity index (χ4n) is 4.15. The summed E-state index contributed by atoms with van der Waals surface area (Å²) in [6.45, 7) is 0. The Morgan fingerprint density at radius 2 is 1.69 bits per heavy atom. The topological polar surface area (TPSA) is 107 Å². The van der Waals surface area contributed by atoms with E-state index in [0.717, 1.165) is 27.4 Å². The Hall–Kier alpha value is -4.98. The van der Waals surface area contributed by atoms with Crippen molar-refractivity contribution in [2.45, 2.75) is 0 Å². The molecule has 2 aromatic heterocycles. The molecule has 0 atom stereocenters. The highest BCUT2D eigenvalue weighted by Gasteiger charge is 2.15. The van der Waals surface area contributed by atoms with E-state index in [1.54, 1.807) is 20.3 Å². The molecule has 0 aliphatic rings. The summed E-state index contributed by atoms with van der Waals surface area (Å²) in [5, 5.41) is 12.9. The fraction of sp³-hybridized carbons (Fsp3) is 0.0714. The van der Waals surface area contributed by atoms with Gasteiger partial charge in [0.15, 0.2) is 17.3 Å². The van der Waals surface area contributed by atoms with Gasteiger partial charge in [0.25, 0.3) is 5.69 Å². The van der Waals surface area contributed by atoms with Crippen LogP contribution in [-0.2, 0) is 0 Å². The number of nitrogens with one attached hydrogen (secondary N) is 1. The Morgan fingerprint density at radius 3 is 2.42 bits per heavy atom. The number of nitrogens with zero attached hydrogens (tertiary/aromatic N) is 2. The number of carbonyl (C=O) groups excluding carboxylic acids is 1. The first-order valence-electron chi connectivity index (χ1n) is 11.1. The van der Waals surface area contributed by atoms with Gasteiger partial charge in [0.1, 0.15) is 0 Å². The van der Waals surface area contributed by atoms with Gasteiger partial charge in [0.05, 0.1) is 36.0 Å². The van der Waals surface area contributed by atoms with Crippen molar-refractivity contribution < 1.29 is 19.2 Å². The average molecular weight is 479 g/mol. The van der Waals surface area contributed by atoms with Crippen LogP contribution >= 0.6 is 0 Å². The van der Waals surface area contributed by atoms with E-state index in [1.807, 2.05) is 48.5 Å². The number of ketones is 1. The second kappa shape index (κ2) is 9.34. The lowest BCUT2D eigenvalue weighted by Crippen LogP contribution is -1.96. The number of pyridine rings is 1. The number of hydrogen-bond acceptors (Lipinski definition) is 6. The van der Waals surface area contributed by atoms with Crippen LogP contribution in [-0.4, -0.2) is 34.9 Å². The summed E-state index contributed by atoms with van der Waals surface area (Å²) in [7, 11) is 3.16. The zero-order chi connectivity index (χ0) is 25.2. The van der Waals surface area contributed by atoms with E-state index in [2.05, 4.69) is 4.98 Å². The number of para-hydroxylation sites is 1. The van der Waals surface area contributed by atoms with E-state index >= 15 is 0 Å². The van der Waals surface area contributed by atoms with Crippen LogP contribution in [0.5, 0.6) is 11.5 Å². The van der Waals surface area contributed by atoms with Crippen molar-refractivity contribution in [2.75, 3.05) is 14.2 Å². The largest absolute Gasteiger partial charge is 0.493 e. The number of nitro groups is 1. The van der Waals surface area contributed by atoms with Crippen molar-refractivity contribution in [1.82, 2.24) is 9.97 Å². The van der Waals surface area contributed by atoms with Crippen molar-refractivity contribution in [3.8, 4) is 22.8 Å². The molecule has 8 nitrogen and oxygen atoms in total. The molecule has 5 aromatic rings. The molecule has 0 saturated heterocycles. The number of fused-ring (bicyclic) bond motifs is 3. The van der Waals surface area contributed by atoms with Crippen LogP contribution < -0.4 is 9.47 Å². The molecular formula is C28H21N3O5. The highest BCUT2D eigenvalue weighted by Crippen LogP contribution is 2.37. The Kier molecular flexibility index (Phi) is 5.92. The number of nitro benzene ring substituents is 1. The minimum Gasteiger partial charge on any atom is -0.493 e. The van der Waals surface area contributed by atoms with E-state index in [4.69, 9.17) is 14.5 Å². The number of benzene rings is 3. The van der Waals surface area contributed by atoms with Crippen LogP contribution in [0.3, 0.4) is 0 Å². The highest BCUT2D eigenvalue weighted by molar-refractivity contribution is 6.12. The third kappa shape index (κ3) is 4.16. The Morgan fingerprint density at radius 1 is 0.944 bits per heavy atom. The molecule has 178 valence electrons. The zero-order valence-electron chi connectivity index (χ0n) is 19.5. The molecule has 0 unspecified atom stereocenters. The molecule has 0 aliphatic heterocycles. The molecular weight excluding hydrogens is 458 g/mol. The normalized spacial score (nSPS) is 11.3. The van der Waals surface area contributed by atoms with Crippen molar-refractivity contribution >= 4 is 39.4 Å². The molecule has 0 aliphatic carbocycles. The van der Waals surface area contributed by atoms with E-state index in [-0.39, 0.29) is 11.5 Å². The highest BCUT2D eigenvalue weighted by atomic mass is 16.6. The Bertz CT molecular complexity index is 1650. The number of rotatable bonds is 7. The third-order valence-electron chi connectivity index (χ3n) is 5.94. The first kappa shape index (κ1) is 22.8. The SMILES string of the molecule is COc1ccc(-c2nc(/C=C/C(=O)c3ccc([N+](=O)[O-])cc3)cc3c2[nH]c2ccccc23)cc1OC. The second-order valence-electron chi connectivity index (χ2n) is 8.06. The van der Waals surface area contributed by atoms with Crippen LogP contribution in [0.4, 0.5) is 5.69 Å². The van der Waals surface area contributed by atoms with Gasteiger partial charge < -0.3 is 14.5 Å². The second-order valence-corrected chi connectivity index (χ2v) is 8.06. The number of allylic oxidation sites excluding steroid dienone is 1. The van der Waals surface area contributed by atoms with Gasteiger partial charge in [-0.1, -0.05) is 18.2 Å². The number of H-pyrrole nitrogens is 1. The van der Waals surface area contributed by atoms with Gasteiger partial charge in [0.2, 0.25) is 0 Å². The molecule has 3 aromatic carbocycles. The number of aromatic amines is 1. The zero-order valence-corrected chi connectivity index (χ0v) is 19.5. The number of non-ortho nitro benzene ring substituents is 1. The molecule has 1 N–H and O–H groups in total. The molecule has 0 bridgehead atoms. The van der Waals surface area contributed by atoms with Gasteiger partial charge in [-0.3, -0.25) is 14.9 Å². The molecule has 0 radical (unpaired) electrons. The molecule has 8 heteroatoms. The lowest BCUT2D eigenvalue weighted by atomic mass is 10.0. The summed E-state index contributed by atoms with van der Waals surface area (Å²) in [6.07, 6.45) is 3.07. The monoisotopic (exact) mass is 479 g/mol. The fourth-order valence-corrected chi connectivity index (χ4v) is 4.15. The maximum Gasteiger partial charge on any atom is 0.269 e. The molecule has 36 heavy (non-hydrogen) atoms. The molecule has 0 fully saturated rings. The standard InChI is InChI=1S/C28H21N3O5/c1-35-25-14-9-18(15-26(25)36-2)27-28-22(21-5-3-4-6-23(21)30-28)16-19(29-27)10-13-24(32)17-7-11-20(12-8-17)31(33)34/h3-16,30H,1-2H3/b13-10+. The van der Waals surface area contributed by atoms with Crippen LogP contribution in [0.2, 0.25) is 0 Å². The summed E-state index contributed by atoms with van der Waals surface area (Å²) < 4.78 is 10.9. The first-order chi connectivity index (χ1) is 17.5. The van der Waals surface area contributed by atoms with Gasteiger partial charge >= 0.3 is 0 Å². The minimum absolute atomic E-state index is 0.0680. The number of methoxy groups -OCH3 is 2. The predicted molar refractivity (Wildman–Crippen MR) is 139 cm³/mol. The van der Waals surface area contributed by atoms with Gasteiger partial charge in [-0.25, -0.2) is 4.98 Å². The summed E-state index contributed by atoms with van der Waals surface area (Å²) in [5.74, 6) is 0.910. The number of ether oxygens (including phenoxy) is 2. The number of hydrogen-bond donors (Lipinski definition) is 1. The van der Waals surface area contributed by atoms with Crippen LogP contribution in [0, 0.1) is 10.1 Å². The Balaban J connectivity index is 1.61. The smallest absolute Gasteiger partial charge is 0.269 e. The predicted octanol–water partition coefficient (Wildman–Crippen LogP) is 6.20. The Labute approximate surface area is 206 Å². The summed E-state index contributed by atoms with van der Waals surface area (Å²) in [6, 6.07) is 21.0. The lowest BCUT2D eigenvalue weighted by Gasteiger charge is -2.10.